The molecule has 0 heterocycles. The number of carboxylic acids is 1. The summed E-state index contributed by atoms with van der Waals surface area (Å²) in [6.07, 6.45) is 4.58. The molecule has 1 fully saturated rings. The van der Waals surface area contributed by atoms with Crippen LogP contribution in [0.3, 0.4) is 0 Å². The van der Waals surface area contributed by atoms with Crippen LogP contribution in [0.5, 0.6) is 0 Å². The van der Waals surface area contributed by atoms with E-state index in [1.807, 2.05) is 32.5 Å². The Kier molecular flexibility index (Phi) is 12.8. The molecular formula is C21H42O5S2Si. The van der Waals surface area contributed by atoms with Gasteiger partial charge in [-0.2, -0.15) is 11.8 Å². The van der Waals surface area contributed by atoms with E-state index in [4.69, 9.17) is 18.4 Å². The van der Waals surface area contributed by atoms with Gasteiger partial charge in [0.2, 0.25) is 0 Å². The topological polar surface area (TPSA) is 65.0 Å². The number of thioether (sulfide) groups is 2. The maximum atomic E-state index is 11.0. The van der Waals surface area contributed by atoms with E-state index in [1.54, 1.807) is 11.8 Å². The van der Waals surface area contributed by atoms with E-state index in [2.05, 4.69) is 20.8 Å². The molecule has 0 spiro atoms. The lowest BCUT2D eigenvalue weighted by atomic mass is 9.77. The summed E-state index contributed by atoms with van der Waals surface area (Å²) in [5.74, 6) is 1.81. The summed E-state index contributed by atoms with van der Waals surface area (Å²) in [6.45, 7) is 14.9. The van der Waals surface area contributed by atoms with Crippen LogP contribution in [0, 0.1) is 11.8 Å². The van der Waals surface area contributed by atoms with Gasteiger partial charge in [0, 0.05) is 35.9 Å². The van der Waals surface area contributed by atoms with Gasteiger partial charge in [-0.3, -0.25) is 4.79 Å². The fraction of sp³-hybridized carbons (Fsp3) is 0.952. The van der Waals surface area contributed by atoms with E-state index in [0.29, 0.717) is 36.9 Å². The lowest BCUT2D eigenvalue weighted by Gasteiger charge is -2.42. The molecule has 0 radical (unpaired) electrons. The van der Waals surface area contributed by atoms with Gasteiger partial charge in [-0.15, -0.1) is 11.8 Å². The predicted octanol–water partition coefficient (Wildman–Crippen LogP) is 5.56. The van der Waals surface area contributed by atoms with Crippen LogP contribution in [0.4, 0.5) is 0 Å². The zero-order chi connectivity index (χ0) is 21.9. The summed E-state index contributed by atoms with van der Waals surface area (Å²) >= 11 is 3.67. The number of carboxylic acid groups (broad SMARTS) is 1. The highest BCUT2D eigenvalue weighted by atomic mass is 32.2. The molecule has 0 bridgehead atoms. The van der Waals surface area contributed by atoms with Crippen LogP contribution in [0.1, 0.15) is 67.2 Å². The van der Waals surface area contributed by atoms with Crippen LogP contribution < -0.4 is 0 Å². The molecule has 0 aliphatic heterocycles. The van der Waals surface area contributed by atoms with E-state index in [9.17, 15) is 4.79 Å². The Labute approximate surface area is 187 Å². The van der Waals surface area contributed by atoms with Crippen molar-refractivity contribution in [2.75, 3.05) is 31.3 Å². The minimum atomic E-state index is -2.55. The third kappa shape index (κ3) is 9.52. The minimum Gasteiger partial charge on any atom is -0.481 e. The van der Waals surface area contributed by atoms with E-state index in [1.165, 1.54) is 12.8 Å². The normalized spacial score (nSPS) is 23.3. The van der Waals surface area contributed by atoms with Crippen LogP contribution in [-0.4, -0.2) is 61.2 Å². The number of aliphatic carboxylic acids is 1. The quantitative estimate of drug-likeness (QED) is 0.250. The van der Waals surface area contributed by atoms with Gasteiger partial charge in [-0.1, -0.05) is 20.8 Å². The molecule has 0 amide bonds. The van der Waals surface area contributed by atoms with Crippen molar-refractivity contribution in [1.82, 2.24) is 0 Å². The van der Waals surface area contributed by atoms with Crippen LogP contribution in [0.25, 0.3) is 0 Å². The number of hydrogen-bond acceptors (Lipinski definition) is 6. The molecule has 8 heteroatoms. The molecule has 172 valence electrons. The molecule has 5 nitrogen and oxygen atoms in total. The third-order valence-electron chi connectivity index (χ3n) is 5.72. The van der Waals surface area contributed by atoms with Gasteiger partial charge in [0.15, 0.2) is 0 Å². The molecule has 0 aromatic heterocycles. The SMILES string of the molecule is CCO[Si](CCCSC(C)(C)C1CCC(C)C(SCC(=O)O)C1)(OCC)OCC. The van der Waals surface area contributed by atoms with Crippen molar-refractivity contribution in [2.45, 2.75) is 83.3 Å². The van der Waals surface area contributed by atoms with Crippen molar-refractivity contribution >= 4 is 38.3 Å². The number of hydrogen-bond donors (Lipinski definition) is 1. The Balaban J connectivity index is 2.55. The summed E-state index contributed by atoms with van der Waals surface area (Å²) in [5, 5.41) is 9.48. The molecule has 1 aliphatic carbocycles. The fourth-order valence-electron chi connectivity index (χ4n) is 4.07. The zero-order valence-corrected chi connectivity index (χ0v) is 21.8. The van der Waals surface area contributed by atoms with Gasteiger partial charge < -0.3 is 18.4 Å². The minimum absolute atomic E-state index is 0.190. The van der Waals surface area contributed by atoms with Crippen molar-refractivity contribution < 1.29 is 23.2 Å². The summed E-state index contributed by atoms with van der Waals surface area (Å²) in [7, 11) is -2.55. The van der Waals surface area contributed by atoms with Crippen LogP contribution in [-0.2, 0) is 18.1 Å². The Morgan fingerprint density at radius 1 is 1.10 bits per heavy atom. The lowest BCUT2D eigenvalue weighted by Crippen LogP contribution is -2.46. The first-order valence-electron chi connectivity index (χ1n) is 11.1. The molecule has 1 saturated carbocycles. The van der Waals surface area contributed by atoms with Gasteiger partial charge >= 0.3 is 14.8 Å². The first kappa shape index (κ1) is 27.3. The molecule has 1 aliphatic rings. The van der Waals surface area contributed by atoms with E-state index >= 15 is 0 Å². The molecule has 0 saturated heterocycles. The van der Waals surface area contributed by atoms with Gasteiger partial charge in [0.05, 0.1) is 5.75 Å². The molecule has 0 aromatic carbocycles. The Hall–Kier alpha value is 0.267. The standard InChI is InChI=1S/C21H42O5S2Si/c1-7-24-29(25-8-2,26-9-3)14-10-13-28-21(5,6)18-12-11-17(4)19(15-18)27-16-20(22)23/h17-19H,7-16H2,1-6H3,(H,22,23). The van der Waals surface area contributed by atoms with Gasteiger partial charge in [-0.05, 0) is 64.0 Å². The first-order valence-corrected chi connectivity index (χ1v) is 15.1. The molecule has 3 unspecified atom stereocenters. The van der Waals surface area contributed by atoms with Gasteiger partial charge in [0.1, 0.15) is 0 Å². The van der Waals surface area contributed by atoms with E-state index in [0.717, 1.165) is 24.6 Å². The maximum absolute atomic E-state index is 11.0. The highest BCUT2D eigenvalue weighted by Crippen LogP contribution is 2.46. The molecule has 1 rings (SSSR count). The molecule has 1 N–H and O–H groups in total. The highest BCUT2D eigenvalue weighted by molar-refractivity contribution is 8.00. The first-order chi connectivity index (χ1) is 13.7. The van der Waals surface area contributed by atoms with Crippen molar-refractivity contribution in [3.05, 3.63) is 0 Å². The van der Waals surface area contributed by atoms with Gasteiger partial charge in [0.25, 0.3) is 0 Å². The largest absolute Gasteiger partial charge is 0.500 e. The second-order valence-corrected chi connectivity index (χ2v) is 14.0. The van der Waals surface area contributed by atoms with Crippen LogP contribution in [0.15, 0.2) is 0 Å². The van der Waals surface area contributed by atoms with E-state index in [-0.39, 0.29) is 10.5 Å². The summed E-state index contributed by atoms with van der Waals surface area (Å²) < 4.78 is 18.1. The van der Waals surface area contributed by atoms with E-state index < -0.39 is 14.8 Å². The Bertz CT molecular complexity index is 461. The van der Waals surface area contributed by atoms with Gasteiger partial charge in [-0.25, -0.2) is 0 Å². The summed E-state index contributed by atoms with van der Waals surface area (Å²) in [4.78, 5) is 11.0. The monoisotopic (exact) mass is 466 g/mol. The maximum Gasteiger partial charge on any atom is 0.500 e. The second-order valence-electron chi connectivity index (χ2n) is 8.27. The number of rotatable bonds is 15. The van der Waals surface area contributed by atoms with Crippen molar-refractivity contribution in [3.8, 4) is 0 Å². The summed E-state index contributed by atoms with van der Waals surface area (Å²) in [6, 6.07) is 0.865. The number of carbonyl (C=O) groups is 1. The highest BCUT2D eigenvalue weighted by Gasteiger charge is 2.41. The molecule has 29 heavy (non-hydrogen) atoms. The van der Waals surface area contributed by atoms with Crippen molar-refractivity contribution in [2.24, 2.45) is 11.8 Å². The predicted molar refractivity (Wildman–Crippen MR) is 127 cm³/mol. The van der Waals surface area contributed by atoms with Crippen LogP contribution >= 0.6 is 23.5 Å². The van der Waals surface area contributed by atoms with Crippen LogP contribution in [0.2, 0.25) is 6.04 Å². The second kappa shape index (κ2) is 13.6. The Morgan fingerprint density at radius 3 is 2.21 bits per heavy atom. The summed E-state index contributed by atoms with van der Waals surface area (Å²) in [5.41, 5.74) is 0. The average molecular weight is 467 g/mol. The average Bonchev–Trinajstić information content (AvgIpc) is 2.65. The molecule has 0 aromatic rings. The molecule has 3 atom stereocenters. The molecular weight excluding hydrogens is 424 g/mol. The lowest BCUT2D eigenvalue weighted by molar-refractivity contribution is -0.133. The zero-order valence-electron chi connectivity index (χ0n) is 19.2. The Morgan fingerprint density at radius 2 is 1.69 bits per heavy atom. The fourth-order valence-corrected chi connectivity index (χ4v) is 9.39. The van der Waals surface area contributed by atoms with Crippen molar-refractivity contribution in [3.63, 3.8) is 0 Å². The smallest absolute Gasteiger partial charge is 0.481 e. The third-order valence-corrected chi connectivity index (χ3v) is 11.9. The van der Waals surface area contributed by atoms with Crippen molar-refractivity contribution in [1.29, 1.82) is 0 Å².